The van der Waals surface area contributed by atoms with Crippen molar-refractivity contribution >= 4 is 11.6 Å². The lowest BCUT2D eigenvalue weighted by atomic mass is 9.87. The van der Waals surface area contributed by atoms with Crippen LogP contribution in [0.15, 0.2) is 5.16 Å². The van der Waals surface area contributed by atoms with Gasteiger partial charge in [0.15, 0.2) is 0 Å². The van der Waals surface area contributed by atoms with Crippen molar-refractivity contribution in [3.8, 4) is 0 Å². The number of nitrogens with one attached hydrogen (secondary N) is 1. The maximum absolute atomic E-state index is 12.8. The van der Waals surface area contributed by atoms with E-state index in [0.29, 0.717) is 31.8 Å². The Morgan fingerprint density at radius 2 is 2.04 bits per heavy atom. The zero-order valence-corrected chi connectivity index (χ0v) is 13.5. The third kappa shape index (κ3) is 3.09. The van der Waals surface area contributed by atoms with Crippen molar-refractivity contribution in [3.63, 3.8) is 0 Å². The molecule has 2 unspecified atom stereocenters. The highest BCUT2D eigenvalue weighted by Crippen LogP contribution is 2.33. The number of hydrogen-bond donors (Lipinski definition) is 1. The molecule has 3 saturated heterocycles. The van der Waals surface area contributed by atoms with Gasteiger partial charge in [-0.3, -0.25) is 4.79 Å². The summed E-state index contributed by atoms with van der Waals surface area (Å²) in [5, 5.41) is 7.46. The van der Waals surface area contributed by atoms with Crippen LogP contribution in [0.1, 0.15) is 32.1 Å². The molecule has 0 aromatic rings. The van der Waals surface area contributed by atoms with Crippen LogP contribution in [0.5, 0.6) is 0 Å². The summed E-state index contributed by atoms with van der Waals surface area (Å²) in [6, 6.07) is 0. The first kappa shape index (κ1) is 15.4. The second-order valence-corrected chi connectivity index (χ2v) is 6.95. The van der Waals surface area contributed by atoms with E-state index in [-0.39, 0.29) is 23.7 Å². The van der Waals surface area contributed by atoms with Gasteiger partial charge in [-0.2, -0.15) is 0 Å². The summed E-state index contributed by atoms with van der Waals surface area (Å²) in [5.41, 5.74) is 0.316. The molecule has 7 nitrogen and oxygen atoms in total. The van der Waals surface area contributed by atoms with Crippen LogP contribution in [-0.4, -0.2) is 73.7 Å². The molecule has 0 aliphatic carbocycles. The van der Waals surface area contributed by atoms with E-state index in [1.807, 2.05) is 4.90 Å². The molecule has 4 aliphatic heterocycles. The van der Waals surface area contributed by atoms with Gasteiger partial charge in [0.25, 0.3) is 5.91 Å². The fourth-order valence-corrected chi connectivity index (χ4v) is 3.95. The fraction of sp³-hybridized carbons (Fsp3) is 0.875. The van der Waals surface area contributed by atoms with E-state index in [1.54, 1.807) is 0 Å². The van der Waals surface area contributed by atoms with Gasteiger partial charge in [-0.1, -0.05) is 5.16 Å². The molecule has 0 saturated carbocycles. The zero-order valence-electron chi connectivity index (χ0n) is 13.5. The van der Waals surface area contributed by atoms with Gasteiger partial charge < -0.3 is 24.5 Å². The summed E-state index contributed by atoms with van der Waals surface area (Å²) in [5.74, 6) is 0.00621. The molecule has 2 atom stereocenters. The molecule has 4 heterocycles. The summed E-state index contributed by atoms with van der Waals surface area (Å²) >= 11 is 0. The van der Waals surface area contributed by atoms with Crippen LogP contribution in [0.2, 0.25) is 0 Å². The Kier molecular flexibility index (Phi) is 4.26. The van der Waals surface area contributed by atoms with Crippen molar-refractivity contribution in [1.82, 2.24) is 10.2 Å². The lowest BCUT2D eigenvalue weighted by Crippen LogP contribution is -2.52. The van der Waals surface area contributed by atoms with Gasteiger partial charge in [0.05, 0.1) is 12.7 Å². The Labute approximate surface area is 136 Å². The molecule has 4 aliphatic rings. The molecule has 1 amide bonds. The second kappa shape index (κ2) is 6.37. The first-order valence-electron chi connectivity index (χ1n) is 8.74. The van der Waals surface area contributed by atoms with Crippen LogP contribution in [0, 0.1) is 0 Å². The molecular weight excluding hydrogens is 298 g/mol. The predicted molar refractivity (Wildman–Crippen MR) is 83.3 cm³/mol. The van der Waals surface area contributed by atoms with Crippen molar-refractivity contribution in [1.29, 1.82) is 0 Å². The first-order valence-corrected chi connectivity index (χ1v) is 8.74. The van der Waals surface area contributed by atoms with Gasteiger partial charge in [0.2, 0.25) is 0 Å². The molecule has 7 heteroatoms. The summed E-state index contributed by atoms with van der Waals surface area (Å²) in [6.45, 7) is 4.44. The zero-order chi connectivity index (χ0) is 15.7. The third-order valence-corrected chi connectivity index (χ3v) is 5.36. The number of nitrogens with zero attached hydrogens (tertiary/aromatic N) is 2. The molecule has 23 heavy (non-hydrogen) atoms. The predicted octanol–water partition coefficient (Wildman–Crippen LogP) is 0.291. The van der Waals surface area contributed by atoms with E-state index in [0.717, 1.165) is 45.4 Å². The average molecular weight is 323 g/mol. The van der Waals surface area contributed by atoms with Gasteiger partial charge >= 0.3 is 0 Å². The van der Waals surface area contributed by atoms with Crippen LogP contribution in [0.25, 0.3) is 0 Å². The van der Waals surface area contributed by atoms with Crippen LogP contribution in [-0.2, 0) is 19.1 Å². The van der Waals surface area contributed by atoms with Crippen molar-refractivity contribution in [2.75, 3.05) is 39.4 Å². The maximum atomic E-state index is 12.8. The summed E-state index contributed by atoms with van der Waals surface area (Å²) in [6.07, 6.45) is 4.68. The minimum atomic E-state index is -0.253. The monoisotopic (exact) mass is 323 g/mol. The minimum Gasteiger partial charge on any atom is -0.388 e. The van der Waals surface area contributed by atoms with E-state index in [9.17, 15) is 4.79 Å². The highest BCUT2D eigenvalue weighted by Gasteiger charge is 2.44. The lowest BCUT2D eigenvalue weighted by molar-refractivity contribution is -0.138. The number of oxime groups is 1. The van der Waals surface area contributed by atoms with Crippen LogP contribution >= 0.6 is 0 Å². The van der Waals surface area contributed by atoms with Gasteiger partial charge in [0, 0.05) is 39.0 Å². The van der Waals surface area contributed by atoms with Crippen molar-refractivity contribution in [2.24, 2.45) is 5.16 Å². The van der Waals surface area contributed by atoms with Crippen molar-refractivity contribution in [3.05, 3.63) is 0 Å². The molecule has 0 bridgehead atoms. The summed E-state index contributed by atoms with van der Waals surface area (Å²) in [4.78, 5) is 20.3. The number of amides is 1. The fourth-order valence-electron chi connectivity index (χ4n) is 3.95. The van der Waals surface area contributed by atoms with Crippen molar-refractivity contribution in [2.45, 2.75) is 49.9 Å². The van der Waals surface area contributed by atoms with Crippen LogP contribution in [0.3, 0.4) is 0 Å². The Morgan fingerprint density at radius 3 is 2.83 bits per heavy atom. The maximum Gasteiger partial charge on any atom is 0.271 e. The molecule has 3 fully saturated rings. The summed E-state index contributed by atoms with van der Waals surface area (Å²) in [7, 11) is 0. The number of ether oxygens (including phenoxy) is 2. The van der Waals surface area contributed by atoms with Crippen molar-refractivity contribution < 1.29 is 19.1 Å². The van der Waals surface area contributed by atoms with Gasteiger partial charge in [-0.05, 0) is 25.9 Å². The van der Waals surface area contributed by atoms with E-state index in [1.165, 1.54) is 0 Å². The molecule has 4 rings (SSSR count). The van der Waals surface area contributed by atoms with E-state index in [4.69, 9.17) is 14.3 Å². The number of carbonyl (C=O) groups is 1. The Balaban J connectivity index is 1.37. The SMILES string of the molecule is O=C(C1=NOC2(CCNCC2)C1)N1CCOC(C2CCCO2)C1. The molecule has 0 aromatic carbocycles. The second-order valence-electron chi connectivity index (χ2n) is 6.95. The molecular formula is C16H25N3O4. The average Bonchev–Trinajstić information content (AvgIpc) is 3.26. The lowest BCUT2D eigenvalue weighted by Gasteiger charge is -2.35. The Hall–Kier alpha value is -1.18. The number of piperidine rings is 1. The first-order chi connectivity index (χ1) is 11.3. The minimum absolute atomic E-state index is 0.00621. The largest absolute Gasteiger partial charge is 0.388 e. The molecule has 0 radical (unpaired) electrons. The molecule has 1 spiro atoms. The van der Waals surface area contributed by atoms with Crippen LogP contribution in [0.4, 0.5) is 0 Å². The standard InChI is InChI=1S/C16H25N3O4/c20-15(12-10-16(23-18-12)3-5-17-6-4-16)19-7-9-22-14(11-19)13-2-1-8-21-13/h13-14,17H,1-11H2. The highest BCUT2D eigenvalue weighted by molar-refractivity contribution is 6.39. The molecule has 1 N–H and O–H groups in total. The molecule has 128 valence electrons. The van der Waals surface area contributed by atoms with Gasteiger partial charge in [-0.25, -0.2) is 0 Å². The Morgan fingerprint density at radius 1 is 1.22 bits per heavy atom. The smallest absolute Gasteiger partial charge is 0.271 e. The van der Waals surface area contributed by atoms with Crippen LogP contribution < -0.4 is 5.32 Å². The number of morpholine rings is 1. The number of rotatable bonds is 2. The van der Waals surface area contributed by atoms with Gasteiger partial charge in [-0.15, -0.1) is 0 Å². The number of carbonyl (C=O) groups excluding carboxylic acids is 1. The van der Waals surface area contributed by atoms with E-state index in [2.05, 4.69) is 10.5 Å². The normalized spacial score (nSPS) is 33.6. The van der Waals surface area contributed by atoms with Gasteiger partial charge in [0.1, 0.15) is 17.4 Å². The highest BCUT2D eigenvalue weighted by atomic mass is 16.7. The van der Waals surface area contributed by atoms with E-state index < -0.39 is 0 Å². The van der Waals surface area contributed by atoms with E-state index >= 15 is 0 Å². The third-order valence-electron chi connectivity index (χ3n) is 5.36. The Bertz CT molecular complexity index is 484. The number of hydrogen-bond acceptors (Lipinski definition) is 6. The summed E-state index contributed by atoms with van der Waals surface area (Å²) < 4.78 is 11.5. The topological polar surface area (TPSA) is 72.4 Å². The quantitative estimate of drug-likeness (QED) is 0.791. The molecule has 0 aromatic heterocycles.